The van der Waals surface area contributed by atoms with E-state index in [1.165, 1.54) is 32.1 Å². The second-order valence-electron chi connectivity index (χ2n) is 7.12. The number of carbonyl (C=O) groups is 1. The maximum absolute atomic E-state index is 12.8. The molecule has 0 aliphatic heterocycles. The standard InChI is InChI=1S/C14H17BrO/c15-14-5-6-1-9-8-3-7(4-11(9)14)12(13(14)16)10(8)2-6/h6-12H,1-5H2. The van der Waals surface area contributed by atoms with Gasteiger partial charge in [0.25, 0.3) is 0 Å². The average Bonchev–Trinajstić information content (AvgIpc) is 2.56. The Balaban J connectivity index is 1.81. The second-order valence-corrected chi connectivity index (χ2v) is 8.54. The van der Waals surface area contributed by atoms with Gasteiger partial charge in [0.15, 0.2) is 5.78 Å². The van der Waals surface area contributed by atoms with Crippen LogP contribution in [0.3, 0.4) is 0 Å². The Hall–Kier alpha value is 0.150. The lowest BCUT2D eigenvalue weighted by Crippen LogP contribution is -2.56. The van der Waals surface area contributed by atoms with E-state index in [0.717, 1.165) is 29.6 Å². The van der Waals surface area contributed by atoms with E-state index >= 15 is 0 Å². The molecule has 0 amide bonds. The molecule has 5 aliphatic carbocycles. The number of Topliss-reactive ketones (excluding diaryl/α,β-unsaturated/α-hetero) is 1. The van der Waals surface area contributed by atoms with E-state index in [0.29, 0.717) is 17.6 Å². The highest BCUT2D eigenvalue weighted by molar-refractivity contribution is 9.10. The lowest BCUT2D eigenvalue weighted by molar-refractivity contribution is -0.133. The fourth-order valence-electron chi connectivity index (χ4n) is 6.58. The fraction of sp³-hybridized carbons (Fsp3) is 0.929. The van der Waals surface area contributed by atoms with Gasteiger partial charge < -0.3 is 0 Å². The van der Waals surface area contributed by atoms with Crippen LogP contribution < -0.4 is 0 Å². The number of fused-ring (bicyclic) bond motifs is 2. The summed E-state index contributed by atoms with van der Waals surface area (Å²) in [5, 5.41) is 0. The fourth-order valence-corrected chi connectivity index (χ4v) is 7.83. The summed E-state index contributed by atoms with van der Waals surface area (Å²) in [6, 6.07) is 0. The van der Waals surface area contributed by atoms with Crippen molar-refractivity contribution >= 4 is 21.7 Å². The van der Waals surface area contributed by atoms with Gasteiger partial charge in [-0.3, -0.25) is 4.79 Å². The van der Waals surface area contributed by atoms with Gasteiger partial charge >= 0.3 is 0 Å². The summed E-state index contributed by atoms with van der Waals surface area (Å²) >= 11 is 3.92. The van der Waals surface area contributed by atoms with Gasteiger partial charge in [-0.2, -0.15) is 0 Å². The van der Waals surface area contributed by atoms with E-state index in [2.05, 4.69) is 15.9 Å². The van der Waals surface area contributed by atoms with Crippen molar-refractivity contribution < 1.29 is 4.79 Å². The van der Waals surface area contributed by atoms with Crippen LogP contribution in [0.1, 0.15) is 32.1 Å². The van der Waals surface area contributed by atoms with Crippen LogP contribution in [0.4, 0.5) is 0 Å². The molecule has 2 heteroatoms. The molecule has 5 aliphatic rings. The molecule has 0 radical (unpaired) electrons. The largest absolute Gasteiger partial charge is 0.298 e. The lowest BCUT2D eigenvalue weighted by atomic mass is 9.53. The molecule has 8 unspecified atom stereocenters. The highest BCUT2D eigenvalue weighted by Gasteiger charge is 2.71. The molecule has 5 saturated carbocycles. The van der Waals surface area contributed by atoms with Gasteiger partial charge in [0.2, 0.25) is 0 Å². The molecule has 0 aromatic carbocycles. The number of hydrogen-bond acceptors (Lipinski definition) is 1. The SMILES string of the molecule is O=C1C2C3CC4C2CC2CC4C(C3)C1(Br)C2. The molecular formula is C14H17BrO. The Morgan fingerprint density at radius 1 is 1.06 bits per heavy atom. The van der Waals surface area contributed by atoms with Gasteiger partial charge in [0.1, 0.15) is 0 Å². The van der Waals surface area contributed by atoms with Gasteiger partial charge in [0.05, 0.1) is 4.32 Å². The third-order valence-corrected chi connectivity index (χ3v) is 8.12. The Morgan fingerprint density at radius 2 is 1.88 bits per heavy atom. The predicted octanol–water partition coefficient (Wildman–Crippen LogP) is 3.02. The summed E-state index contributed by atoms with van der Waals surface area (Å²) in [7, 11) is 0. The van der Waals surface area contributed by atoms with Crippen molar-refractivity contribution in [2.24, 2.45) is 41.4 Å². The monoisotopic (exact) mass is 280 g/mol. The molecule has 8 atom stereocenters. The lowest BCUT2D eigenvalue weighted by Gasteiger charge is -2.54. The Labute approximate surface area is 104 Å². The van der Waals surface area contributed by atoms with E-state index in [1.54, 1.807) is 0 Å². The minimum Gasteiger partial charge on any atom is -0.298 e. The van der Waals surface area contributed by atoms with Gasteiger partial charge in [-0.25, -0.2) is 0 Å². The van der Waals surface area contributed by atoms with Crippen LogP contribution in [0.25, 0.3) is 0 Å². The van der Waals surface area contributed by atoms with E-state index in [1.807, 2.05) is 0 Å². The molecular weight excluding hydrogens is 264 g/mol. The summed E-state index contributed by atoms with van der Waals surface area (Å²) in [6.45, 7) is 0. The first-order valence-electron chi connectivity index (χ1n) is 6.91. The van der Waals surface area contributed by atoms with Crippen LogP contribution in [0.5, 0.6) is 0 Å². The van der Waals surface area contributed by atoms with Crippen molar-refractivity contribution in [1.82, 2.24) is 0 Å². The Kier molecular flexibility index (Phi) is 1.40. The van der Waals surface area contributed by atoms with Crippen molar-refractivity contribution in [1.29, 1.82) is 0 Å². The van der Waals surface area contributed by atoms with Crippen LogP contribution in [-0.4, -0.2) is 10.1 Å². The first kappa shape index (κ1) is 9.13. The zero-order chi connectivity index (χ0) is 10.7. The summed E-state index contributed by atoms with van der Waals surface area (Å²) in [5.41, 5.74) is 0. The Bertz CT molecular complexity index is 406. The summed E-state index contributed by atoms with van der Waals surface area (Å²) in [6.07, 6.45) is 6.77. The molecule has 5 fully saturated rings. The van der Waals surface area contributed by atoms with Crippen LogP contribution in [0.15, 0.2) is 0 Å². The van der Waals surface area contributed by atoms with Gasteiger partial charge in [-0.05, 0) is 67.6 Å². The molecule has 0 spiro atoms. The first-order chi connectivity index (χ1) is 7.68. The van der Waals surface area contributed by atoms with E-state index in [4.69, 9.17) is 0 Å². The van der Waals surface area contributed by atoms with E-state index in [9.17, 15) is 4.79 Å². The average molecular weight is 281 g/mol. The van der Waals surface area contributed by atoms with E-state index in [-0.39, 0.29) is 4.32 Å². The van der Waals surface area contributed by atoms with Gasteiger partial charge in [0, 0.05) is 5.92 Å². The maximum Gasteiger partial charge on any atom is 0.153 e. The minimum absolute atomic E-state index is 0.0638. The van der Waals surface area contributed by atoms with Gasteiger partial charge in [-0.1, -0.05) is 15.9 Å². The van der Waals surface area contributed by atoms with Crippen molar-refractivity contribution in [3.8, 4) is 0 Å². The molecule has 0 N–H and O–H groups in total. The van der Waals surface area contributed by atoms with Crippen LogP contribution in [-0.2, 0) is 4.79 Å². The summed E-state index contributed by atoms with van der Waals surface area (Å²) < 4.78 is -0.0638. The molecule has 1 nitrogen and oxygen atoms in total. The summed E-state index contributed by atoms with van der Waals surface area (Å²) in [4.78, 5) is 12.8. The van der Waals surface area contributed by atoms with Crippen LogP contribution >= 0.6 is 15.9 Å². The predicted molar refractivity (Wildman–Crippen MR) is 64.2 cm³/mol. The van der Waals surface area contributed by atoms with E-state index < -0.39 is 0 Å². The number of ketones is 1. The number of carbonyl (C=O) groups excluding carboxylic acids is 1. The van der Waals surface area contributed by atoms with Crippen molar-refractivity contribution in [3.63, 3.8) is 0 Å². The van der Waals surface area contributed by atoms with Crippen molar-refractivity contribution in [3.05, 3.63) is 0 Å². The summed E-state index contributed by atoms with van der Waals surface area (Å²) in [5.74, 6) is 6.11. The molecule has 0 aromatic heterocycles. The third kappa shape index (κ3) is 0.749. The molecule has 0 saturated heterocycles. The third-order valence-electron chi connectivity index (χ3n) is 6.81. The molecule has 5 bridgehead atoms. The number of hydrogen-bond donors (Lipinski definition) is 0. The molecule has 0 heterocycles. The van der Waals surface area contributed by atoms with Crippen LogP contribution in [0, 0.1) is 41.4 Å². The molecule has 0 aromatic rings. The van der Waals surface area contributed by atoms with Crippen LogP contribution in [0.2, 0.25) is 0 Å². The number of halogens is 1. The zero-order valence-electron chi connectivity index (χ0n) is 9.36. The Morgan fingerprint density at radius 3 is 2.75 bits per heavy atom. The maximum atomic E-state index is 12.8. The smallest absolute Gasteiger partial charge is 0.153 e. The highest BCUT2D eigenvalue weighted by Crippen LogP contribution is 2.72. The van der Waals surface area contributed by atoms with Gasteiger partial charge in [-0.15, -0.1) is 0 Å². The highest BCUT2D eigenvalue weighted by atomic mass is 79.9. The molecule has 5 rings (SSSR count). The quantitative estimate of drug-likeness (QED) is 0.624. The van der Waals surface area contributed by atoms with Crippen molar-refractivity contribution in [2.75, 3.05) is 0 Å². The van der Waals surface area contributed by atoms with Crippen molar-refractivity contribution in [2.45, 2.75) is 36.4 Å². The molecule has 86 valence electrons. The second kappa shape index (κ2) is 2.46. The minimum atomic E-state index is -0.0638. The zero-order valence-corrected chi connectivity index (χ0v) is 10.9. The normalized spacial score (nSPS) is 69.3. The first-order valence-corrected chi connectivity index (χ1v) is 7.71. The molecule has 16 heavy (non-hydrogen) atoms. The number of rotatable bonds is 0. The number of alkyl halides is 1. The topological polar surface area (TPSA) is 17.1 Å².